The molecule has 2 aromatic carbocycles. The molecule has 7 heteroatoms. The number of aromatic nitrogens is 2. The van der Waals surface area contributed by atoms with Gasteiger partial charge in [0, 0.05) is 30.9 Å². The average molecular weight is 392 g/mol. The van der Waals surface area contributed by atoms with E-state index in [-0.39, 0.29) is 5.91 Å². The highest BCUT2D eigenvalue weighted by Gasteiger charge is 2.17. The fourth-order valence-electron chi connectivity index (χ4n) is 2.90. The third-order valence-electron chi connectivity index (χ3n) is 4.43. The van der Waals surface area contributed by atoms with Crippen LogP contribution in [0, 0.1) is 0 Å². The lowest BCUT2D eigenvalue weighted by atomic mass is 10.2. The van der Waals surface area contributed by atoms with Crippen molar-refractivity contribution < 1.29 is 14.3 Å². The lowest BCUT2D eigenvalue weighted by Gasteiger charge is -2.20. The summed E-state index contributed by atoms with van der Waals surface area (Å²) in [6.07, 6.45) is 1.38. The largest absolute Gasteiger partial charge is 0.493 e. The van der Waals surface area contributed by atoms with Crippen LogP contribution < -0.4 is 14.8 Å². The van der Waals surface area contributed by atoms with E-state index in [2.05, 4.69) is 15.3 Å². The van der Waals surface area contributed by atoms with Crippen molar-refractivity contribution in [2.75, 3.05) is 26.1 Å². The number of rotatable bonds is 8. The van der Waals surface area contributed by atoms with Crippen molar-refractivity contribution in [3.8, 4) is 11.5 Å². The summed E-state index contributed by atoms with van der Waals surface area (Å²) < 4.78 is 10.6. The molecule has 0 aliphatic heterocycles. The van der Waals surface area contributed by atoms with Crippen LogP contribution in [-0.2, 0) is 6.54 Å². The summed E-state index contributed by atoms with van der Waals surface area (Å²) in [5.74, 6) is 1.61. The maximum absolute atomic E-state index is 12.9. The van der Waals surface area contributed by atoms with Gasteiger partial charge in [0.05, 0.1) is 14.2 Å². The topological polar surface area (TPSA) is 76.6 Å². The van der Waals surface area contributed by atoms with E-state index >= 15 is 0 Å². The van der Waals surface area contributed by atoms with E-state index in [1.54, 1.807) is 37.3 Å². The zero-order chi connectivity index (χ0) is 20.6. The van der Waals surface area contributed by atoms with Gasteiger partial charge in [-0.25, -0.2) is 9.97 Å². The first-order valence-corrected chi connectivity index (χ1v) is 9.29. The molecule has 0 aliphatic carbocycles. The Morgan fingerprint density at radius 2 is 1.76 bits per heavy atom. The number of ether oxygens (including phenoxy) is 2. The summed E-state index contributed by atoms with van der Waals surface area (Å²) in [6, 6.07) is 17.0. The third-order valence-corrected chi connectivity index (χ3v) is 4.43. The number of methoxy groups -OCH3 is 2. The minimum atomic E-state index is -0.144. The van der Waals surface area contributed by atoms with Crippen LogP contribution in [0.15, 0.2) is 60.9 Å². The van der Waals surface area contributed by atoms with Gasteiger partial charge >= 0.3 is 0 Å². The molecule has 1 N–H and O–H groups in total. The fraction of sp³-hybridized carbons (Fsp3) is 0.227. The van der Waals surface area contributed by atoms with Crippen LogP contribution in [0.3, 0.4) is 0 Å². The Kier molecular flexibility index (Phi) is 6.63. The minimum absolute atomic E-state index is 0.144. The molecule has 0 radical (unpaired) electrons. The zero-order valence-corrected chi connectivity index (χ0v) is 16.8. The first kappa shape index (κ1) is 20.1. The number of hydrogen-bond acceptors (Lipinski definition) is 6. The van der Waals surface area contributed by atoms with Crippen LogP contribution in [0.25, 0.3) is 0 Å². The number of hydrogen-bond donors (Lipinski definition) is 1. The first-order valence-electron chi connectivity index (χ1n) is 9.29. The summed E-state index contributed by atoms with van der Waals surface area (Å²) in [4.78, 5) is 23.1. The van der Waals surface area contributed by atoms with Crippen LogP contribution in [0.2, 0.25) is 0 Å². The Labute approximate surface area is 170 Å². The molecule has 3 rings (SSSR count). The standard InChI is InChI=1S/C22H24N4O3/c1-4-26(14-16-8-6-5-7-9-16)22(27)18-13-21(24-15-23-18)25-17-10-11-19(28-2)20(12-17)29-3/h5-13,15H,4,14H2,1-3H3,(H,23,24,25). The molecule has 1 aromatic heterocycles. The molecule has 0 bridgehead atoms. The number of carbonyl (C=O) groups is 1. The van der Waals surface area contributed by atoms with Crippen molar-refractivity contribution in [2.24, 2.45) is 0 Å². The quantitative estimate of drug-likeness (QED) is 0.627. The highest BCUT2D eigenvalue weighted by atomic mass is 16.5. The molecule has 3 aromatic rings. The third kappa shape index (κ3) is 5.01. The summed E-state index contributed by atoms with van der Waals surface area (Å²) in [5.41, 5.74) is 2.16. The molecular weight excluding hydrogens is 368 g/mol. The molecule has 0 saturated heterocycles. The highest BCUT2D eigenvalue weighted by molar-refractivity contribution is 5.93. The molecular formula is C22H24N4O3. The summed E-state index contributed by atoms with van der Waals surface area (Å²) >= 11 is 0. The van der Waals surface area contributed by atoms with Crippen LogP contribution in [-0.4, -0.2) is 41.5 Å². The summed E-state index contributed by atoms with van der Waals surface area (Å²) in [7, 11) is 3.16. The Balaban J connectivity index is 1.77. The Hall–Kier alpha value is -3.61. The van der Waals surface area contributed by atoms with Gasteiger partial charge in [-0.2, -0.15) is 0 Å². The Morgan fingerprint density at radius 3 is 2.45 bits per heavy atom. The monoisotopic (exact) mass is 392 g/mol. The molecule has 29 heavy (non-hydrogen) atoms. The van der Waals surface area contributed by atoms with Gasteiger partial charge in [-0.1, -0.05) is 30.3 Å². The first-order chi connectivity index (χ1) is 14.1. The van der Waals surface area contributed by atoms with E-state index in [1.807, 2.05) is 43.3 Å². The summed E-state index contributed by atoms with van der Waals surface area (Å²) in [6.45, 7) is 3.06. The number of amides is 1. The highest BCUT2D eigenvalue weighted by Crippen LogP contribution is 2.30. The van der Waals surface area contributed by atoms with E-state index in [1.165, 1.54) is 6.33 Å². The van der Waals surface area contributed by atoms with Crippen molar-refractivity contribution in [3.63, 3.8) is 0 Å². The number of nitrogens with one attached hydrogen (secondary N) is 1. The summed E-state index contributed by atoms with van der Waals surface area (Å²) in [5, 5.41) is 3.17. The van der Waals surface area contributed by atoms with Crippen LogP contribution in [0.5, 0.6) is 11.5 Å². The van der Waals surface area contributed by atoms with Crippen molar-refractivity contribution in [1.29, 1.82) is 0 Å². The van der Waals surface area contributed by atoms with Gasteiger partial charge in [-0.15, -0.1) is 0 Å². The van der Waals surface area contributed by atoms with Gasteiger partial charge in [0.25, 0.3) is 5.91 Å². The predicted octanol–water partition coefficient (Wildman–Crippen LogP) is 3.90. The second-order valence-corrected chi connectivity index (χ2v) is 6.29. The van der Waals surface area contributed by atoms with Gasteiger partial charge in [0.2, 0.25) is 0 Å². The molecule has 0 atom stereocenters. The fourth-order valence-corrected chi connectivity index (χ4v) is 2.90. The number of anilines is 2. The van der Waals surface area contributed by atoms with Gasteiger partial charge in [0.1, 0.15) is 17.8 Å². The van der Waals surface area contributed by atoms with Crippen molar-refractivity contribution in [2.45, 2.75) is 13.5 Å². The number of carbonyl (C=O) groups excluding carboxylic acids is 1. The van der Waals surface area contributed by atoms with Gasteiger partial charge < -0.3 is 19.7 Å². The Bertz CT molecular complexity index is 963. The van der Waals surface area contributed by atoms with Crippen LogP contribution in [0.4, 0.5) is 11.5 Å². The Morgan fingerprint density at radius 1 is 1.00 bits per heavy atom. The van der Waals surface area contributed by atoms with E-state index < -0.39 is 0 Å². The van der Waals surface area contributed by atoms with Crippen LogP contribution in [0.1, 0.15) is 23.0 Å². The lowest BCUT2D eigenvalue weighted by Crippen LogP contribution is -2.31. The second kappa shape index (κ2) is 9.54. The lowest BCUT2D eigenvalue weighted by molar-refractivity contribution is 0.0746. The maximum atomic E-state index is 12.9. The maximum Gasteiger partial charge on any atom is 0.272 e. The molecule has 0 unspecified atom stereocenters. The van der Waals surface area contributed by atoms with E-state index in [4.69, 9.17) is 9.47 Å². The van der Waals surface area contributed by atoms with Crippen LogP contribution >= 0.6 is 0 Å². The SMILES string of the molecule is CCN(Cc1ccccc1)C(=O)c1cc(Nc2ccc(OC)c(OC)c2)ncn1. The smallest absolute Gasteiger partial charge is 0.272 e. The molecule has 0 spiro atoms. The van der Waals surface area contributed by atoms with Gasteiger partial charge in [0.15, 0.2) is 11.5 Å². The number of nitrogens with zero attached hydrogens (tertiary/aromatic N) is 3. The molecule has 150 valence electrons. The molecule has 7 nitrogen and oxygen atoms in total. The molecule has 1 heterocycles. The second-order valence-electron chi connectivity index (χ2n) is 6.29. The predicted molar refractivity (Wildman–Crippen MR) is 112 cm³/mol. The molecule has 0 fully saturated rings. The minimum Gasteiger partial charge on any atom is -0.493 e. The number of benzene rings is 2. The van der Waals surface area contributed by atoms with E-state index in [9.17, 15) is 4.79 Å². The van der Waals surface area contributed by atoms with Gasteiger partial charge in [-0.05, 0) is 24.6 Å². The van der Waals surface area contributed by atoms with Gasteiger partial charge in [-0.3, -0.25) is 4.79 Å². The zero-order valence-electron chi connectivity index (χ0n) is 16.8. The molecule has 0 saturated carbocycles. The normalized spacial score (nSPS) is 10.3. The molecule has 0 aliphatic rings. The van der Waals surface area contributed by atoms with Crippen molar-refractivity contribution in [3.05, 3.63) is 72.2 Å². The van der Waals surface area contributed by atoms with E-state index in [0.717, 1.165) is 11.3 Å². The average Bonchev–Trinajstić information content (AvgIpc) is 2.77. The van der Waals surface area contributed by atoms with E-state index in [0.29, 0.717) is 36.1 Å². The molecule has 1 amide bonds. The van der Waals surface area contributed by atoms with Crippen molar-refractivity contribution >= 4 is 17.4 Å². The van der Waals surface area contributed by atoms with Crippen molar-refractivity contribution in [1.82, 2.24) is 14.9 Å².